The van der Waals surface area contributed by atoms with Gasteiger partial charge in [0, 0.05) is 18.2 Å². The number of nitrogens with one attached hydrogen (secondary N) is 2. The van der Waals surface area contributed by atoms with E-state index in [1.165, 1.54) is 0 Å². The number of amides is 1. The molecule has 1 aliphatic heterocycles. The van der Waals surface area contributed by atoms with E-state index in [4.69, 9.17) is 9.47 Å². The van der Waals surface area contributed by atoms with E-state index in [0.717, 1.165) is 25.9 Å². The monoisotopic (exact) mass is 342 g/mol. The first-order chi connectivity index (χ1) is 10.6. The van der Waals surface area contributed by atoms with E-state index in [-0.39, 0.29) is 24.4 Å². The summed E-state index contributed by atoms with van der Waals surface area (Å²) in [6.07, 6.45) is 2.11. The van der Waals surface area contributed by atoms with Gasteiger partial charge < -0.3 is 20.1 Å². The number of methoxy groups -OCH3 is 1. The molecule has 23 heavy (non-hydrogen) atoms. The van der Waals surface area contributed by atoms with Crippen LogP contribution in [0.5, 0.6) is 11.5 Å². The van der Waals surface area contributed by atoms with Crippen LogP contribution in [-0.2, 0) is 0 Å². The summed E-state index contributed by atoms with van der Waals surface area (Å²) in [6, 6.07) is 5.52. The van der Waals surface area contributed by atoms with Gasteiger partial charge in [-0.3, -0.25) is 4.79 Å². The van der Waals surface area contributed by atoms with Gasteiger partial charge in [0.1, 0.15) is 0 Å². The number of carbonyl (C=O) groups excluding carboxylic acids is 1. The maximum absolute atomic E-state index is 12.3. The molecule has 6 heteroatoms. The second kappa shape index (κ2) is 9.63. The van der Waals surface area contributed by atoms with E-state index in [2.05, 4.69) is 24.5 Å². The van der Waals surface area contributed by atoms with Gasteiger partial charge in [-0.1, -0.05) is 13.8 Å². The lowest BCUT2D eigenvalue weighted by molar-refractivity contribution is 0.0930. The van der Waals surface area contributed by atoms with Crippen LogP contribution in [-0.4, -0.2) is 38.8 Å². The van der Waals surface area contributed by atoms with Crippen molar-refractivity contribution >= 4 is 18.3 Å². The van der Waals surface area contributed by atoms with Crippen molar-refractivity contribution in [1.82, 2.24) is 10.6 Å². The molecule has 1 aromatic carbocycles. The highest BCUT2D eigenvalue weighted by molar-refractivity contribution is 5.95. The minimum atomic E-state index is -0.0672. The minimum absolute atomic E-state index is 0. The molecule has 130 valence electrons. The van der Waals surface area contributed by atoms with Gasteiger partial charge in [-0.2, -0.15) is 0 Å². The molecule has 1 fully saturated rings. The van der Waals surface area contributed by atoms with Crippen molar-refractivity contribution < 1.29 is 14.3 Å². The Kier molecular flexibility index (Phi) is 8.20. The summed E-state index contributed by atoms with van der Waals surface area (Å²) < 4.78 is 11.0. The normalized spacial score (nSPS) is 17.3. The maximum atomic E-state index is 12.3. The van der Waals surface area contributed by atoms with E-state index >= 15 is 0 Å². The standard InChI is InChI=1S/C17H26N2O3.ClH/c1-12(2)11-22-15-7-6-13(9-16(15)21-3)17(20)19-14-5-4-8-18-10-14;/h6-7,9,12,14,18H,4-5,8,10-11H2,1-3H3,(H,19,20);1H. The Morgan fingerprint density at radius 2 is 2.17 bits per heavy atom. The largest absolute Gasteiger partial charge is 0.493 e. The van der Waals surface area contributed by atoms with E-state index in [1.54, 1.807) is 25.3 Å². The van der Waals surface area contributed by atoms with Crippen molar-refractivity contribution in [2.75, 3.05) is 26.8 Å². The van der Waals surface area contributed by atoms with E-state index in [9.17, 15) is 4.79 Å². The Hall–Kier alpha value is -1.46. The smallest absolute Gasteiger partial charge is 0.251 e. The fourth-order valence-corrected chi connectivity index (χ4v) is 2.43. The molecule has 1 saturated heterocycles. The Labute approximate surface area is 144 Å². The van der Waals surface area contributed by atoms with E-state index in [1.807, 2.05) is 0 Å². The predicted molar refractivity (Wildman–Crippen MR) is 93.9 cm³/mol. The van der Waals surface area contributed by atoms with Crippen LogP contribution in [0.3, 0.4) is 0 Å². The quantitative estimate of drug-likeness (QED) is 0.834. The molecular weight excluding hydrogens is 316 g/mol. The summed E-state index contributed by atoms with van der Waals surface area (Å²) in [5, 5.41) is 6.35. The summed E-state index contributed by atoms with van der Waals surface area (Å²) in [6.45, 7) is 6.66. The summed E-state index contributed by atoms with van der Waals surface area (Å²) in [5.41, 5.74) is 0.597. The van der Waals surface area contributed by atoms with Crippen LogP contribution in [0.4, 0.5) is 0 Å². The van der Waals surface area contributed by atoms with Gasteiger partial charge in [0.15, 0.2) is 11.5 Å². The Bertz CT molecular complexity index is 503. The average Bonchev–Trinajstić information content (AvgIpc) is 2.53. The molecule has 1 unspecified atom stereocenters. The average molecular weight is 343 g/mol. The molecule has 1 aromatic rings. The molecule has 0 aliphatic carbocycles. The van der Waals surface area contributed by atoms with Gasteiger partial charge in [0.05, 0.1) is 13.7 Å². The highest BCUT2D eigenvalue weighted by Crippen LogP contribution is 2.28. The first-order valence-corrected chi connectivity index (χ1v) is 7.92. The van der Waals surface area contributed by atoms with Crippen LogP contribution < -0.4 is 20.1 Å². The van der Waals surface area contributed by atoms with Crippen molar-refractivity contribution in [2.45, 2.75) is 32.7 Å². The number of rotatable bonds is 6. The molecule has 1 aliphatic rings. The molecule has 0 spiro atoms. The molecular formula is C17H27ClN2O3. The lowest BCUT2D eigenvalue weighted by atomic mass is 10.1. The molecule has 0 saturated carbocycles. The van der Waals surface area contributed by atoms with Gasteiger partial charge in [0.2, 0.25) is 0 Å². The molecule has 5 nitrogen and oxygen atoms in total. The summed E-state index contributed by atoms with van der Waals surface area (Å²) in [4.78, 5) is 12.3. The first kappa shape index (κ1) is 19.6. The topological polar surface area (TPSA) is 59.6 Å². The van der Waals surface area contributed by atoms with E-state index in [0.29, 0.717) is 29.6 Å². The zero-order valence-corrected chi connectivity index (χ0v) is 14.9. The minimum Gasteiger partial charge on any atom is -0.493 e. The van der Waals surface area contributed by atoms with Crippen LogP contribution in [0.25, 0.3) is 0 Å². The second-order valence-electron chi connectivity index (χ2n) is 6.09. The third kappa shape index (κ3) is 5.92. The zero-order valence-electron chi connectivity index (χ0n) is 14.1. The highest BCUT2D eigenvalue weighted by Gasteiger charge is 2.17. The third-order valence-electron chi connectivity index (χ3n) is 3.63. The van der Waals surface area contributed by atoms with Crippen molar-refractivity contribution in [2.24, 2.45) is 5.92 Å². The summed E-state index contributed by atoms with van der Waals surface area (Å²) in [7, 11) is 1.59. The number of ether oxygens (including phenoxy) is 2. The molecule has 0 bridgehead atoms. The van der Waals surface area contributed by atoms with Crippen molar-refractivity contribution in [3.8, 4) is 11.5 Å². The number of benzene rings is 1. The fourth-order valence-electron chi connectivity index (χ4n) is 2.43. The van der Waals surface area contributed by atoms with Crippen LogP contribution in [0.15, 0.2) is 18.2 Å². The molecule has 2 rings (SSSR count). The number of carbonyl (C=O) groups is 1. The number of hydrogen-bond acceptors (Lipinski definition) is 4. The van der Waals surface area contributed by atoms with Gasteiger partial charge in [-0.15, -0.1) is 12.4 Å². The van der Waals surface area contributed by atoms with Gasteiger partial charge in [0.25, 0.3) is 5.91 Å². The molecule has 1 amide bonds. The zero-order chi connectivity index (χ0) is 15.9. The number of halogens is 1. The van der Waals surface area contributed by atoms with Crippen molar-refractivity contribution in [3.63, 3.8) is 0 Å². The molecule has 2 N–H and O–H groups in total. The van der Waals surface area contributed by atoms with Gasteiger partial charge in [-0.05, 0) is 43.5 Å². The summed E-state index contributed by atoms with van der Waals surface area (Å²) in [5.74, 6) is 1.64. The SMILES string of the molecule is COc1cc(C(=O)NC2CCCNC2)ccc1OCC(C)C.Cl. The second-order valence-corrected chi connectivity index (χ2v) is 6.09. The van der Waals surface area contributed by atoms with Crippen LogP contribution in [0.1, 0.15) is 37.0 Å². The van der Waals surface area contributed by atoms with Gasteiger partial charge in [-0.25, -0.2) is 0 Å². The number of piperidine rings is 1. The van der Waals surface area contributed by atoms with Crippen molar-refractivity contribution in [1.29, 1.82) is 0 Å². The maximum Gasteiger partial charge on any atom is 0.251 e. The lowest BCUT2D eigenvalue weighted by Crippen LogP contribution is -2.45. The molecule has 0 radical (unpaired) electrons. The fraction of sp³-hybridized carbons (Fsp3) is 0.588. The number of hydrogen-bond donors (Lipinski definition) is 2. The third-order valence-corrected chi connectivity index (χ3v) is 3.63. The predicted octanol–water partition coefficient (Wildman–Crippen LogP) is 2.63. The molecule has 1 atom stereocenters. The van der Waals surface area contributed by atoms with Gasteiger partial charge >= 0.3 is 0 Å². The Balaban J connectivity index is 0.00000264. The highest BCUT2D eigenvalue weighted by atomic mass is 35.5. The van der Waals surface area contributed by atoms with Crippen LogP contribution in [0, 0.1) is 5.92 Å². The van der Waals surface area contributed by atoms with Crippen LogP contribution >= 0.6 is 12.4 Å². The Morgan fingerprint density at radius 1 is 1.39 bits per heavy atom. The summed E-state index contributed by atoms with van der Waals surface area (Å²) >= 11 is 0. The first-order valence-electron chi connectivity index (χ1n) is 7.92. The molecule has 1 heterocycles. The van der Waals surface area contributed by atoms with Crippen LogP contribution in [0.2, 0.25) is 0 Å². The molecule has 0 aromatic heterocycles. The lowest BCUT2D eigenvalue weighted by Gasteiger charge is -2.24. The van der Waals surface area contributed by atoms with E-state index < -0.39 is 0 Å². The Morgan fingerprint density at radius 3 is 2.78 bits per heavy atom. The van der Waals surface area contributed by atoms with Crippen molar-refractivity contribution in [3.05, 3.63) is 23.8 Å².